The molecule has 0 aliphatic heterocycles. The average Bonchev–Trinajstić information content (AvgIpc) is 2.44. The molecule has 0 fully saturated rings. The first kappa shape index (κ1) is 15.8. The van der Waals surface area contributed by atoms with Gasteiger partial charge in [-0.2, -0.15) is 0 Å². The predicted molar refractivity (Wildman–Crippen MR) is 75.8 cm³/mol. The fourth-order valence-corrected chi connectivity index (χ4v) is 1.88. The van der Waals surface area contributed by atoms with Crippen molar-refractivity contribution in [3.8, 4) is 5.75 Å². The zero-order valence-corrected chi connectivity index (χ0v) is 11.5. The summed E-state index contributed by atoms with van der Waals surface area (Å²) in [5.74, 6) is -0.781. The molecular formula is C15H19NO4. The van der Waals surface area contributed by atoms with Crippen molar-refractivity contribution < 1.29 is 19.4 Å². The Labute approximate surface area is 118 Å². The van der Waals surface area contributed by atoms with Crippen molar-refractivity contribution in [2.45, 2.75) is 18.8 Å². The van der Waals surface area contributed by atoms with Gasteiger partial charge in [-0.1, -0.05) is 18.2 Å². The highest BCUT2D eigenvalue weighted by atomic mass is 16.5. The van der Waals surface area contributed by atoms with E-state index in [-0.39, 0.29) is 24.7 Å². The second kappa shape index (κ2) is 7.99. The van der Waals surface area contributed by atoms with Gasteiger partial charge in [0.05, 0.1) is 13.5 Å². The highest BCUT2D eigenvalue weighted by Crippen LogP contribution is 2.25. The Balaban J connectivity index is 2.78. The molecular weight excluding hydrogens is 258 g/mol. The molecule has 0 heterocycles. The topological polar surface area (TPSA) is 75.6 Å². The number of amides is 1. The zero-order chi connectivity index (χ0) is 15.0. The number of carbonyl (C=O) groups excluding carboxylic acids is 1. The summed E-state index contributed by atoms with van der Waals surface area (Å²) in [6.07, 6.45) is 1.62. The molecule has 5 nitrogen and oxygen atoms in total. The number of hydrogen-bond donors (Lipinski definition) is 2. The molecule has 0 bridgehead atoms. The summed E-state index contributed by atoms with van der Waals surface area (Å²) in [7, 11) is 1.56. The molecule has 0 aromatic heterocycles. The van der Waals surface area contributed by atoms with Gasteiger partial charge in [-0.25, -0.2) is 0 Å². The normalized spacial score (nSPS) is 11.4. The van der Waals surface area contributed by atoms with Crippen LogP contribution in [0.15, 0.2) is 36.9 Å². The van der Waals surface area contributed by atoms with E-state index < -0.39 is 5.97 Å². The molecule has 1 aromatic carbocycles. The first-order valence-corrected chi connectivity index (χ1v) is 6.30. The van der Waals surface area contributed by atoms with Crippen LogP contribution in [0.2, 0.25) is 0 Å². The Morgan fingerprint density at radius 3 is 2.50 bits per heavy atom. The predicted octanol–water partition coefficient (Wildman–Crippen LogP) is 1.95. The van der Waals surface area contributed by atoms with Crippen molar-refractivity contribution in [2.75, 3.05) is 13.7 Å². The van der Waals surface area contributed by atoms with Crippen molar-refractivity contribution in [3.63, 3.8) is 0 Å². The Kier molecular flexibility index (Phi) is 6.29. The first-order valence-electron chi connectivity index (χ1n) is 6.30. The monoisotopic (exact) mass is 277 g/mol. The van der Waals surface area contributed by atoms with E-state index in [9.17, 15) is 9.59 Å². The first-order chi connectivity index (χ1) is 9.56. The smallest absolute Gasteiger partial charge is 0.303 e. The molecule has 1 aromatic rings. The third-order valence-corrected chi connectivity index (χ3v) is 2.88. The summed E-state index contributed by atoms with van der Waals surface area (Å²) >= 11 is 0. The van der Waals surface area contributed by atoms with Crippen LogP contribution >= 0.6 is 0 Å². The Morgan fingerprint density at radius 2 is 2.00 bits per heavy atom. The second-order valence-electron chi connectivity index (χ2n) is 4.36. The van der Waals surface area contributed by atoms with E-state index in [1.165, 1.54) is 0 Å². The number of hydrogen-bond acceptors (Lipinski definition) is 3. The van der Waals surface area contributed by atoms with Gasteiger partial charge in [0.25, 0.3) is 0 Å². The van der Waals surface area contributed by atoms with Gasteiger partial charge in [0, 0.05) is 18.9 Å². The van der Waals surface area contributed by atoms with Crippen LogP contribution in [0.5, 0.6) is 5.75 Å². The summed E-state index contributed by atoms with van der Waals surface area (Å²) in [6.45, 7) is 3.89. The molecule has 2 N–H and O–H groups in total. The number of rotatable bonds is 8. The van der Waals surface area contributed by atoms with E-state index in [1.807, 2.05) is 0 Å². The number of ether oxygens (including phenoxy) is 1. The van der Waals surface area contributed by atoms with Crippen LogP contribution in [0.1, 0.15) is 24.3 Å². The molecule has 1 atom stereocenters. The molecule has 0 saturated carbocycles. The Bertz CT molecular complexity index is 467. The van der Waals surface area contributed by atoms with Gasteiger partial charge in [0.1, 0.15) is 5.75 Å². The fourth-order valence-electron chi connectivity index (χ4n) is 1.88. The Hall–Kier alpha value is -2.30. The van der Waals surface area contributed by atoms with Crippen LogP contribution in [0.3, 0.4) is 0 Å². The van der Waals surface area contributed by atoms with Crippen LogP contribution in [0.25, 0.3) is 0 Å². The Morgan fingerprint density at radius 1 is 1.35 bits per heavy atom. The van der Waals surface area contributed by atoms with Crippen molar-refractivity contribution in [3.05, 3.63) is 42.5 Å². The van der Waals surface area contributed by atoms with Crippen molar-refractivity contribution >= 4 is 11.9 Å². The molecule has 0 radical (unpaired) electrons. The summed E-state index contributed by atoms with van der Waals surface area (Å²) in [5, 5.41) is 11.6. The van der Waals surface area contributed by atoms with E-state index in [4.69, 9.17) is 9.84 Å². The lowest BCUT2D eigenvalue weighted by Gasteiger charge is -2.15. The molecule has 1 rings (SSSR count). The SMILES string of the molecule is C=CCNC(=O)C[C@H](CC(=O)O)c1ccc(OC)cc1. The van der Waals surface area contributed by atoms with Crippen molar-refractivity contribution in [2.24, 2.45) is 0 Å². The molecule has 0 unspecified atom stereocenters. The van der Waals surface area contributed by atoms with E-state index in [1.54, 1.807) is 37.5 Å². The molecule has 0 aliphatic rings. The number of nitrogens with one attached hydrogen (secondary N) is 1. The second-order valence-corrected chi connectivity index (χ2v) is 4.36. The lowest BCUT2D eigenvalue weighted by Crippen LogP contribution is -2.25. The standard InChI is InChI=1S/C15H19NO4/c1-3-8-16-14(17)9-12(10-15(18)19)11-4-6-13(20-2)7-5-11/h3-7,12H,1,8-10H2,2H3,(H,16,17)(H,18,19)/t12-/m1/s1. The maximum atomic E-state index is 11.7. The molecule has 108 valence electrons. The molecule has 1 amide bonds. The minimum atomic E-state index is -0.928. The maximum Gasteiger partial charge on any atom is 0.303 e. The number of carboxylic acids is 1. The van der Waals surface area contributed by atoms with Gasteiger partial charge >= 0.3 is 5.97 Å². The third kappa shape index (κ3) is 5.14. The molecule has 0 aliphatic carbocycles. The lowest BCUT2D eigenvalue weighted by atomic mass is 9.92. The average molecular weight is 277 g/mol. The minimum Gasteiger partial charge on any atom is -0.497 e. The van der Waals surface area contributed by atoms with E-state index in [0.29, 0.717) is 12.3 Å². The quantitative estimate of drug-likeness (QED) is 0.712. The highest BCUT2D eigenvalue weighted by molar-refractivity contribution is 5.78. The molecule has 0 saturated heterocycles. The lowest BCUT2D eigenvalue weighted by molar-refractivity contribution is -0.137. The summed E-state index contributed by atoms with van der Waals surface area (Å²) < 4.78 is 5.06. The summed E-state index contributed by atoms with van der Waals surface area (Å²) in [6, 6.07) is 7.08. The number of aliphatic carboxylic acids is 1. The van der Waals surface area contributed by atoms with E-state index >= 15 is 0 Å². The van der Waals surface area contributed by atoms with Crippen molar-refractivity contribution in [1.29, 1.82) is 0 Å². The number of carbonyl (C=O) groups is 2. The molecule has 0 spiro atoms. The van der Waals surface area contributed by atoms with Gasteiger partial charge in [-0.05, 0) is 17.7 Å². The minimum absolute atomic E-state index is 0.0894. The summed E-state index contributed by atoms with van der Waals surface area (Å²) in [4.78, 5) is 22.6. The van der Waals surface area contributed by atoms with Crippen LogP contribution < -0.4 is 10.1 Å². The van der Waals surface area contributed by atoms with Gasteiger partial charge < -0.3 is 15.2 Å². The summed E-state index contributed by atoms with van der Waals surface area (Å²) in [5.41, 5.74) is 0.807. The van der Waals surface area contributed by atoms with Gasteiger partial charge in [-0.3, -0.25) is 9.59 Å². The van der Waals surface area contributed by atoms with Crippen LogP contribution in [0.4, 0.5) is 0 Å². The highest BCUT2D eigenvalue weighted by Gasteiger charge is 2.19. The largest absolute Gasteiger partial charge is 0.497 e. The zero-order valence-electron chi connectivity index (χ0n) is 11.5. The van der Waals surface area contributed by atoms with E-state index in [0.717, 1.165) is 5.56 Å². The van der Waals surface area contributed by atoms with E-state index in [2.05, 4.69) is 11.9 Å². The molecule has 20 heavy (non-hydrogen) atoms. The van der Waals surface area contributed by atoms with Crippen LogP contribution in [-0.4, -0.2) is 30.6 Å². The van der Waals surface area contributed by atoms with Crippen LogP contribution in [-0.2, 0) is 9.59 Å². The fraction of sp³-hybridized carbons (Fsp3) is 0.333. The van der Waals surface area contributed by atoms with Gasteiger partial charge in [0.15, 0.2) is 0 Å². The van der Waals surface area contributed by atoms with Crippen LogP contribution in [0, 0.1) is 0 Å². The number of methoxy groups -OCH3 is 1. The number of carboxylic acid groups (broad SMARTS) is 1. The van der Waals surface area contributed by atoms with Gasteiger partial charge in [0.2, 0.25) is 5.91 Å². The number of benzene rings is 1. The third-order valence-electron chi connectivity index (χ3n) is 2.88. The maximum absolute atomic E-state index is 11.7. The van der Waals surface area contributed by atoms with Crippen molar-refractivity contribution in [1.82, 2.24) is 5.32 Å². The molecule has 5 heteroatoms. The van der Waals surface area contributed by atoms with Gasteiger partial charge in [-0.15, -0.1) is 6.58 Å².